The van der Waals surface area contributed by atoms with Crippen molar-refractivity contribution in [3.05, 3.63) is 24.3 Å². The Labute approximate surface area is 338 Å². The number of hydrogen-bond donors (Lipinski definition) is 3. The summed E-state index contributed by atoms with van der Waals surface area (Å²) in [6.45, 7) is 4.53. The van der Waals surface area contributed by atoms with Gasteiger partial charge in [0.1, 0.15) is 0 Å². The van der Waals surface area contributed by atoms with Gasteiger partial charge in [-0.2, -0.15) is 8.42 Å². The average Bonchev–Trinajstić information content (AvgIpc) is 3.06. The van der Waals surface area contributed by atoms with Gasteiger partial charge in [-0.15, -0.1) is 0 Å². The van der Waals surface area contributed by atoms with Crippen LogP contribution in [0.25, 0.3) is 0 Å². The molecule has 0 aliphatic rings. The van der Waals surface area contributed by atoms with Gasteiger partial charge >= 0.3 is 53.4 Å². The van der Waals surface area contributed by atoms with Gasteiger partial charge in [-0.05, 0) is 64.2 Å². The normalized spacial score (nSPS) is 11.9. The molecule has 0 amide bonds. The minimum absolute atomic E-state index is 0. The summed E-state index contributed by atoms with van der Waals surface area (Å²) in [5.74, 6) is -4.18. The number of allylic oxidation sites excluding steroid dienone is 4. The zero-order valence-corrected chi connectivity index (χ0v) is 32.8. The van der Waals surface area contributed by atoms with E-state index in [1.807, 2.05) is 0 Å². The van der Waals surface area contributed by atoms with E-state index in [0.29, 0.717) is 12.8 Å². The Kier molecular flexibility index (Phi) is 42.8. The molecule has 10 nitrogen and oxygen atoms in total. The van der Waals surface area contributed by atoms with Gasteiger partial charge in [0.15, 0.2) is 5.25 Å². The van der Waals surface area contributed by atoms with Crippen LogP contribution < -0.4 is 0 Å². The van der Waals surface area contributed by atoms with Crippen LogP contribution in [0.15, 0.2) is 24.3 Å². The van der Waals surface area contributed by atoms with E-state index in [2.05, 4.69) is 38.2 Å². The molecule has 0 saturated carbocycles. The molecular formula is C40H73NaO10S. The Morgan fingerprint density at radius 3 is 1.06 bits per heavy atom. The zero-order valence-electron chi connectivity index (χ0n) is 32.0. The van der Waals surface area contributed by atoms with Gasteiger partial charge < -0.3 is 14.9 Å². The number of ether oxygens (including phenoxy) is 1. The van der Waals surface area contributed by atoms with Gasteiger partial charge in [-0.3, -0.25) is 23.7 Å². The standard InChI is InChI=1S/C36H66O3.C4H6O7S.Na.H/c1-3-5-7-9-11-13-15-17-19-21-23-25-27-29-31-33-35(37)39-36(38)34-32-30-28-26-24-22-20-18-16-14-12-10-8-6-4-2;5-3(6)1-2(4(7)8)12(9,10)11;;/h17-20H,3-16,21-34H2,1-2H3;2H,1H2,(H,5,6)(H,7,8)(H,9,10,11);;/b19-17-,20-18?;;;. The number of rotatable bonds is 34. The molecule has 0 radical (unpaired) electrons. The van der Waals surface area contributed by atoms with Crippen LogP contribution in [0.4, 0.5) is 0 Å². The predicted octanol–water partition coefficient (Wildman–Crippen LogP) is 10.3. The first-order valence-corrected chi connectivity index (χ1v) is 21.4. The molecular weight excluding hydrogens is 695 g/mol. The zero-order chi connectivity index (χ0) is 38.4. The minimum atomic E-state index is -4.84. The van der Waals surface area contributed by atoms with Crippen molar-refractivity contribution in [1.82, 2.24) is 0 Å². The molecule has 0 aromatic rings. The van der Waals surface area contributed by atoms with Crippen LogP contribution in [-0.2, 0) is 34.0 Å². The average molecular weight is 769 g/mol. The number of aliphatic carboxylic acids is 2. The van der Waals surface area contributed by atoms with Crippen molar-refractivity contribution in [3.8, 4) is 0 Å². The van der Waals surface area contributed by atoms with Gasteiger partial charge in [0.05, 0.1) is 6.42 Å². The van der Waals surface area contributed by atoms with Crippen LogP contribution in [-0.4, -0.2) is 81.9 Å². The Morgan fingerprint density at radius 2 is 0.808 bits per heavy atom. The molecule has 300 valence electrons. The van der Waals surface area contributed by atoms with Gasteiger partial charge in [0.25, 0.3) is 10.1 Å². The van der Waals surface area contributed by atoms with Crippen molar-refractivity contribution in [1.29, 1.82) is 0 Å². The molecule has 0 heterocycles. The summed E-state index contributed by atoms with van der Waals surface area (Å²) in [6, 6.07) is 0. The summed E-state index contributed by atoms with van der Waals surface area (Å²) in [4.78, 5) is 43.8. The second-order valence-electron chi connectivity index (χ2n) is 13.5. The SMILES string of the molecule is CCCCCCCCC=CCCCCCCCC(=O)OC(=O)CCCCCCC/C=C\CCCCCCCC.O=C(O)CC(C(=O)O)S(=O)(=O)O.[NaH]. The van der Waals surface area contributed by atoms with E-state index in [-0.39, 0.29) is 41.5 Å². The molecule has 0 spiro atoms. The third kappa shape index (κ3) is 42.9. The third-order valence-electron chi connectivity index (χ3n) is 8.51. The van der Waals surface area contributed by atoms with Crippen LogP contribution in [0.1, 0.15) is 200 Å². The van der Waals surface area contributed by atoms with Crippen LogP contribution in [0.5, 0.6) is 0 Å². The third-order valence-corrected chi connectivity index (χ3v) is 9.60. The molecule has 0 saturated heterocycles. The number of carbonyl (C=O) groups is 4. The molecule has 0 rings (SSSR count). The summed E-state index contributed by atoms with van der Waals surface area (Å²) in [5.41, 5.74) is 0. The Bertz CT molecular complexity index is 993. The van der Waals surface area contributed by atoms with Crippen LogP contribution >= 0.6 is 0 Å². The van der Waals surface area contributed by atoms with E-state index >= 15 is 0 Å². The summed E-state index contributed by atoms with van der Waals surface area (Å²) < 4.78 is 33.7. The van der Waals surface area contributed by atoms with Crippen molar-refractivity contribution in [2.24, 2.45) is 0 Å². The fourth-order valence-corrected chi connectivity index (χ4v) is 6.00. The van der Waals surface area contributed by atoms with E-state index in [1.165, 1.54) is 128 Å². The monoisotopic (exact) mass is 768 g/mol. The summed E-state index contributed by atoms with van der Waals surface area (Å²) in [5, 5.41) is 13.9. The van der Waals surface area contributed by atoms with Crippen molar-refractivity contribution in [2.75, 3.05) is 0 Å². The Hall–Kier alpha value is -1.53. The molecule has 0 aromatic heterocycles. The first-order valence-electron chi connectivity index (χ1n) is 19.9. The van der Waals surface area contributed by atoms with Crippen molar-refractivity contribution in [3.63, 3.8) is 0 Å². The first kappa shape index (κ1) is 54.8. The predicted molar refractivity (Wildman–Crippen MR) is 212 cm³/mol. The fraction of sp³-hybridized carbons (Fsp3) is 0.800. The van der Waals surface area contributed by atoms with E-state index in [9.17, 15) is 27.6 Å². The molecule has 52 heavy (non-hydrogen) atoms. The summed E-state index contributed by atoms with van der Waals surface area (Å²) in [6.07, 6.45) is 41.1. The molecule has 0 aliphatic carbocycles. The molecule has 0 aromatic carbocycles. The van der Waals surface area contributed by atoms with Crippen molar-refractivity contribution >= 4 is 63.6 Å². The molecule has 3 N–H and O–H groups in total. The molecule has 1 unspecified atom stereocenters. The van der Waals surface area contributed by atoms with Gasteiger partial charge in [0.2, 0.25) is 0 Å². The van der Waals surface area contributed by atoms with Crippen molar-refractivity contribution in [2.45, 2.75) is 205 Å². The number of carbonyl (C=O) groups excluding carboxylic acids is 2. The van der Waals surface area contributed by atoms with Crippen LogP contribution in [0, 0.1) is 0 Å². The van der Waals surface area contributed by atoms with E-state index < -0.39 is 33.7 Å². The maximum atomic E-state index is 11.9. The van der Waals surface area contributed by atoms with Gasteiger partial charge in [-0.25, -0.2) is 0 Å². The molecule has 0 bridgehead atoms. The number of unbranched alkanes of at least 4 members (excludes halogenated alkanes) is 22. The number of esters is 2. The second kappa shape index (κ2) is 40.7. The number of carboxylic acid groups (broad SMARTS) is 2. The molecule has 0 fully saturated rings. The van der Waals surface area contributed by atoms with Crippen LogP contribution in [0.3, 0.4) is 0 Å². The fourth-order valence-electron chi connectivity index (χ4n) is 5.39. The second-order valence-corrected chi connectivity index (χ2v) is 15.1. The van der Waals surface area contributed by atoms with Gasteiger partial charge in [-0.1, -0.05) is 141 Å². The van der Waals surface area contributed by atoms with Crippen LogP contribution in [0.2, 0.25) is 0 Å². The molecule has 12 heteroatoms. The summed E-state index contributed by atoms with van der Waals surface area (Å²) in [7, 11) is -4.84. The molecule has 1 atom stereocenters. The quantitative estimate of drug-likeness (QED) is 0.0143. The Morgan fingerprint density at radius 1 is 0.519 bits per heavy atom. The number of carboxylic acids is 2. The topological polar surface area (TPSA) is 172 Å². The summed E-state index contributed by atoms with van der Waals surface area (Å²) >= 11 is 0. The number of hydrogen-bond acceptors (Lipinski definition) is 7. The van der Waals surface area contributed by atoms with E-state index in [0.717, 1.165) is 38.5 Å². The van der Waals surface area contributed by atoms with E-state index in [1.54, 1.807) is 0 Å². The van der Waals surface area contributed by atoms with Gasteiger partial charge in [0, 0.05) is 12.8 Å². The Balaban J connectivity index is -0.00000157. The maximum absolute atomic E-state index is 11.9. The molecule has 0 aliphatic heterocycles. The van der Waals surface area contributed by atoms with Crippen molar-refractivity contribution < 1.29 is 47.1 Å². The first-order chi connectivity index (χ1) is 24.4. The van der Waals surface area contributed by atoms with E-state index in [4.69, 9.17) is 19.5 Å².